The van der Waals surface area contributed by atoms with Gasteiger partial charge in [0.1, 0.15) is 5.37 Å². The summed E-state index contributed by atoms with van der Waals surface area (Å²) in [6.45, 7) is 0.650. The van der Waals surface area contributed by atoms with Crippen molar-refractivity contribution in [1.29, 1.82) is 0 Å². The van der Waals surface area contributed by atoms with Crippen molar-refractivity contribution in [3.63, 3.8) is 0 Å². The first-order chi connectivity index (χ1) is 12.2. The van der Waals surface area contributed by atoms with Crippen molar-refractivity contribution in [1.82, 2.24) is 9.47 Å². The number of hydrogen-bond donors (Lipinski definition) is 0. The van der Waals surface area contributed by atoms with Crippen LogP contribution in [0.4, 0.5) is 0 Å². The third kappa shape index (κ3) is 3.39. The van der Waals surface area contributed by atoms with Crippen LogP contribution in [0.3, 0.4) is 0 Å². The second-order valence-electron chi connectivity index (χ2n) is 5.97. The normalized spacial score (nSPS) is 17.2. The fourth-order valence-electron chi connectivity index (χ4n) is 3.05. The topological polar surface area (TPSA) is 25.2 Å². The SMILES string of the molecule is O=C1CS[C@H](c2ccn(-c3ccccc3Br)c2)N1Cc1ccccc1. The highest BCUT2D eigenvalue weighted by molar-refractivity contribution is 9.10. The van der Waals surface area contributed by atoms with Crippen molar-refractivity contribution >= 4 is 33.6 Å². The number of carbonyl (C=O) groups excluding carboxylic acids is 1. The van der Waals surface area contributed by atoms with Crippen molar-refractivity contribution in [3.05, 3.63) is 88.7 Å². The minimum absolute atomic E-state index is 0.0662. The van der Waals surface area contributed by atoms with Crippen molar-refractivity contribution in [2.45, 2.75) is 11.9 Å². The number of benzene rings is 2. The minimum atomic E-state index is 0.0662. The molecule has 4 rings (SSSR count). The maximum absolute atomic E-state index is 12.4. The van der Waals surface area contributed by atoms with Crippen LogP contribution in [-0.2, 0) is 11.3 Å². The third-order valence-corrected chi connectivity index (χ3v) is 6.22. The molecule has 3 nitrogen and oxygen atoms in total. The van der Waals surface area contributed by atoms with Gasteiger partial charge in [-0.25, -0.2) is 0 Å². The van der Waals surface area contributed by atoms with Crippen LogP contribution in [0.25, 0.3) is 5.69 Å². The van der Waals surface area contributed by atoms with Crippen molar-refractivity contribution < 1.29 is 4.79 Å². The van der Waals surface area contributed by atoms with Crippen LogP contribution in [-0.4, -0.2) is 21.1 Å². The molecule has 2 heterocycles. The van der Waals surface area contributed by atoms with E-state index in [4.69, 9.17) is 0 Å². The van der Waals surface area contributed by atoms with E-state index in [2.05, 4.69) is 57.2 Å². The first-order valence-electron chi connectivity index (χ1n) is 8.10. The first kappa shape index (κ1) is 16.5. The van der Waals surface area contributed by atoms with Gasteiger partial charge >= 0.3 is 0 Å². The number of amides is 1. The molecule has 0 radical (unpaired) electrons. The summed E-state index contributed by atoms with van der Waals surface area (Å²) in [5.41, 5.74) is 3.41. The molecule has 5 heteroatoms. The molecule has 0 saturated carbocycles. The largest absolute Gasteiger partial charge is 0.322 e. The van der Waals surface area contributed by atoms with Crippen molar-refractivity contribution in [3.8, 4) is 5.69 Å². The Hall–Kier alpha value is -1.98. The molecule has 126 valence electrons. The monoisotopic (exact) mass is 412 g/mol. The predicted molar refractivity (Wildman–Crippen MR) is 106 cm³/mol. The van der Waals surface area contributed by atoms with Crippen LogP contribution in [0.15, 0.2) is 77.5 Å². The highest BCUT2D eigenvalue weighted by Crippen LogP contribution is 2.40. The number of nitrogens with zero attached hydrogens (tertiary/aromatic N) is 2. The highest BCUT2D eigenvalue weighted by Gasteiger charge is 2.33. The molecule has 0 spiro atoms. The number of rotatable bonds is 4. The fourth-order valence-corrected chi connectivity index (χ4v) is 4.71. The van der Waals surface area contributed by atoms with Gasteiger partial charge in [-0.15, -0.1) is 11.8 Å². The van der Waals surface area contributed by atoms with E-state index in [0.717, 1.165) is 21.3 Å². The van der Waals surface area contributed by atoms with Crippen LogP contribution >= 0.6 is 27.7 Å². The Morgan fingerprint density at radius 3 is 2.60 bits per heavy atom. The van der Waals surface area contributed by atoms with Crippen LogP contribution in [0.2, 0.25) is 0 Å². The number of thioether (sulfide) groups is 1. The van der Waals surface area contributed by atoms with Crippen LogP contribution in [0.1, 0.15) is 16.5 Å². The van der Waals surface area contributed by atoms with Crippen molar-refractivity contribution in [2.24, 2.45) is 0 Å². The van der Waals surface area contributed by atoms with Gasteiger partial charge in [-0.05, 0) is 39.7 Å². The fraction of sp³-hybridized carbons (Fsp3) is 0.150. The zero-order valence-electron chi connectivity index (χ0n) is 13.5. The quantitative estimate of drug-likeness (QED) is 0.601. The van der Waals surface area contributed by atoms with Crippen LogP contribution in [0, 0.1) is 0 Å². The van der Waals surface area contributed by atoms with Gasteiger partial charge in [-0.2, -0.15) is 0 Å². The van der Waals surface area contributed by atoms with Gasteiger partial charge in [0.25, 0.3) is 0 Å². The molecule has 1 aliphatic rings. The molecule has 1 saturated heterocycles. The molecule has 1 fully saturated rings. The summed E-state index contributed by atoms with van der Waals surface area (Å²) in [7, 11) is 0. The molecular formula is C20H17BrN2OS. The third-order valence-electron chi connectivity index (χ3n) is 4.30. The molecule has 25 heavy (non-hydrogen) atoms. The second kappa shape index (κ2) is 7.10. The average Bonchev–Trinajstić information content (AvgIpc) is 3.24. The van der Waals surface area contributed by atoms with E-state index in [9.17, 15) is 4.79 Å². The lowest BCUT2D eigenvalue weighted by Gasteiger charge is -2.23. The van der Waals surface area contributed by atoms with Gasteiger partial charge in [0, 0.05) is 29.0 Å². The average molecular weight is 413 g/mol. The zero-order valence-corrected chi connectivity index (χ0v) is 15.9. The highest BCUT2D eigenvalue weighted by atomic mass is 79.9. The van der Waals surface area contributed by atoms with Gasteiger partial charge in [-0.3, -0.25) is 4.79 Å². The molecule has 1 amide bonds. The summed E-state index contributed by atoms with van der Waals surface area (Å²) < 4.78 is 3.15. The van der Waals surface area contributed by atoms with E-state index in [-0.39, 0.29) is 11.3 Å². The number of carbonyl (C=O) groups is 1. The molecule has 0 N–H and O–H groups in total. The first-order valence-corrected chi connectivity index (χ1v) is 9.94. The maximum atomic E-state index is 12.4. The van der Waals surface area contributed by atoms with Crippen LogP contribution < -0.4 is 0 Å². The standard InChI is InChI=1S/C20H17BrN2OS/c21-17-8-4-5-9-18(17)22-11-10-16(13-22)20-23(19(24)14-25-20)12-15-6-2-1-3-7-15/h1-11,13,20H,12,14H2/t20-/m1/s1. The van der Waals surface area contributed by atoms with E-state index >= 15 is 0 Å². The van der Waals surface area contributed by atoms with Crippen molar-refractivity contribution in [2.75, 3.05) is 5.75 Å². The Kier molecular flexibility index (Phi) is 4.68. The molecule has 1 aromatic heterocycles. The molecule has 0 aliphatic carbocycles. The maximum Gasteiger partial charge on any atom is 0.234 e. The summed E-state index contributed by atoms with van der Waals surface area (Å²) in [5, 5.41) is 0.0662. The number of para-hydroxylation sites is 1. The Labute approximate surface area is 159 Å². The Balaban J connectivity index is 1.60. The summed E-state index contributed by atoms with van der Waals surface area (Å²) >= 11 is 5.30. The Morgan fingerprint density at radius 1 is 1.04 bits per heavy atom. The van der Waals surface area contributed by atoms with E-state index in [1.165, 1.54) is 0 Å². The van der Waals surface area contributed by atoms with E-state index in [1.54, 1.807) is 11.8 Å². The lowest BCUT2D eigenvalue weighted by atomic mass is 10.2. The number of halogens is 1. The summed E-state index contributed by atoms with van der Waals surface area (Å²) in [6.07, 6.45) is 4.17. The van der Waals surface area contributed by atoms with Gasteiger partial charge < -0.3 is 9.47 Å². The number of hydrogen-bond acceptors (Lipinski definition) is 2. The number of aromatic nitrogens is 1. The van der Waals surface area contributed by atoms with E-state index in [0.29, 0.717) is 12.3 Å². The van der Waals surface area contributed by atoms with Gasteiger partial charge in [0.2, 0.25) is 5.91 Å². The van der Waals surface area contributed by atoms with Gasteiger partial charge in [0.05, 0.1) is 11.4 Å². The summed E-state index contributed by atoms with van der Waals surface area (Å²) in [5.74, 6) is 0.741. The lowest BCUT2D eigenvalue weighted by Crippen LogP contribution is -2.27. The molecule has 2 aromatic carbocycles. The molecular weight excluding hydrogens is 396 g/mol. The summed E-state index contributed by atoms with van der Waals surface area (Å²) in [6, 6.07) is 20.4. The zero-order chi connectivity index (χ0) is 17.2. The Morgan fingerprint density at radius 2 is 1.80 bits per heavy atom. The van der Waals surface area contributed by atoms with Gasteiger partial charge in [-0.1, -0.05) is 42.5 Å². The van der Waals surface area contributed by atoms with Gasteiger partial charge in [0.15, 0.2) is 0 Å². The summed E-state index contributed by atoms with van der Waals surface area (Å²) in [4.78, 5) is 14.4. The molecule has 0 unspecified atom stereocenters. The van der Waals surface area contributed by atoms with Crippen LogP contribution in [0.5, 0.6) is 0 Å². The smallest absolute Gasteiger partial charge is 0.234 e. The minimum Gasteiger partial charge on any atom is -0.322 e. The molecule has 3 aromatic rings. The van der Waals surface area contributed by atoms with E-state index < -0.39 is 0 Å². The lowest BCUT2D eigenvalue weighted by molar-refractivity contribution is -0.128. The molecule has 0 bridgehead atoms. The van der Waals surface area contributed by atoms with E-state index in [1.807, 2.05) is 41.3 Å². The predicted octanol–water partition coefficient (Wildman–Crippen LogP) is 5.01. The Bertz CT molecular complexity index is 893. The molecule has 1 atom stereocenters. The molecule has 1 aliphatic heterocycles. The second-order valence-corrected chi connectivity index (χ2v) is 7.90.